The Labute approximate surface area is 373 Å². The molecule has 1 aliphatic heterocycles. The number of likely N-dealkylation sites (tertiary alicyclic amines) is 1. The number of nitrogens with zero attached hydrogens (tertiary/aromatic N) is 1. The summed E-state index contributed by atoms with van der Waals surface area (Å²) in [7, 11) is 0. The second-order valence-electron chi connectivity index (χ2n) is 17.1. The lowest BCUT2D eigenvalue weighted by Gasteiger charge is -2.20. The Hall–Kier alpha value is -6.57. The van der Waals surface area contributed by atoms with E-state index in [0.717, 1.165) is 55.2 Å². The molecule has 4 aromatic rings. The third-order valence-electron chi connectivity index (χ3n) is 12.4. The number of unbranched alkanes of at least 4 members (excludes halogenated alkanes) is 3. The average molecular weight is 872 g/mol. The second-order valence-corrected chi connectivity index (χ2v) is 17.1. The zero-order valence-electron chi connectivity index (χ0n) is 36.2. The van der Waals surface area contributed by atoms with Gasteiger partial charge in [0, 0.05) is 67.8 Å². The van der Waals surface area contributed by atoms with Gasteiger partial charge in [0.2, 0.25) is 17.7 Å². The molecule has 0 aromatic heterocycles. The van der Waals surface area contributed by atoms with Crippen LogP contribution in [0.1, 0.15) is 94.7 Å². The molecule has 7 amide bonds. The van der Waals surface area contributed by atoms with E-state index in [2.05, 4.69) is 38.8 Å². The molecular formula is C50H58FN7O6. The minimum absolute atomic E-state index is 0.0415. The minimum Gasteiger partial charge on any atom is -0.354 e. The normalized spacial score (nSPS) is 21.2. The zero-order valence-corrected chi connectivity index (χ0v) is 36.2. The van der Waals surface area contributed by atoms with Gasteiger partial charge in [0.25, 0.3) is 11.8 Å². The SMILES string of the molecule is CCCCCCNC(=O)[C@H](CNC(=O)c1ccc(C(=O)N2C[C@@H](C(=O)N[C@H]3C[C@@H]3c3ccccc3)[C@H](C(=O)N[C@H]3C[C@@H]3c3ccccc3)C2)cc1)NC(=O)NCCc1ccc(F)cc1. The molecule has 4 aromatic carbocycles. The van der Waals surface area contributed by atoms with Crippen LogP contribution in [0.3, 0.4) is 0 Å². The van der Waals surface area contributed by atoms with E-state index in [9.17, 15) is 33.2 Å². The number of carbonyl (C=O) groups excluding carboxylic acids is 6. The van der Waals surface area contributed by atoms with E-state index in [-0.39, 0.29) is 84.8 Å². The summed E-state index contributed by atoms with van der Waals surface area (Å²) in [5, 5.41) is 17.3. The van der Waals surface area contributed by atoms with Gasteiger partial charge in [0.05, 0.1) is 11.8 Å². The van der Waals surface area contributed by atoms with Crippen LogP contribution >= 0.6 is 0 Å². The lowest BCUT2D eigenvalue weighted by Crippen LogP contribution is -2.55. The van der Waals surface area contributed by atoms with E-state index in [1.54, 1.807) is 12.1 Å². The van der Waals surface area contributed by atoms with Gasteiger partial charge in [-0.25, -0.2) is 9.18 Å². The molecule has 336 valence electrons. The standard InChI is InChI=1S/C50H58FN7O6/c1-2-3-4-11-25-52-48(62)44(57-50(64)53-26-24-32-16-22-37(51)23-17-32)29-54-45(59)35-18-20-36(21-19-35)49(63)58-30-40(46(60)55-42-27-38(42)33-12-7-5-8-13-33)41(31-58)47(61)56-43-28-39(43)34-14-9-6-10-15-34/h5-10,12-23,38-44H,2-4,11,24-31H2,1H3,(H,52,62)(H,54,59)(H,55,60)(H,56,61)(H2,53,57,64)/t38-,39-,40-,41-,42+,43+,44+/m1/s1. The number of carbonyl (C=O) groups is 6. The highest BCUT2D eigenvalue weighted by atomic mass is 19.1. The molecule has 13 nitrogen and oxygen atoms in total. The highest BCUT2D eigenvalue weighted by Crippen LogP contribution is 2.42. The number of halogens is 1. The molecule has 64 heavy (non-hydrogen) atoms. The first-order valence-electron chi connectivity index (χ1n) is 22.5. The predicted molar refractivity (Wildman–Crippen MR) is 241 cm³/mol. The molecule has 2 aliphatic carbocycles. The molecule has 14 heteroatoms. The number of amides is 7. The van der Waals surface area contributed by atoms with Crippen LogP contribution in [0.25, 0.3) is 0 Å². The van der Waals surface area contributed by atoms with Gasteiger partial charge in [0.15, 0.2) is 0 Å². The fourth-order valence-corrected chi connectivity index (χ4v) is 8.45. The number of urea groups is 1. The average Bonchev–Trinajstić information content (AvgIpc) is 4.23. The number of nitrogens with one attached hydrogen (secondary N) is 6. The van der Waals surface area contributed by atoms with E-state index in [1.165, 1.54) is 41.3 Å². The first-order chi connectivity index (χ1) is 31.1. The van der Waals surface area contributed by atoms with Crippen molar-refractivity contribution in [3.63, 3.8) is 0 Å². The zero-order chi connectivity index (χ0) is 45.0. The molecule has 3 fully saturated rings. The van der Waals surface area contributed by atoms with E-state index in [1.807, 2.05) is 60.7 Å². The van der Waals surface area contributed by atoms with Crippen LogP contribution in [0.15, 0.2) is 109 Å². The summed E-state index contributed by atoms with van der Waals surface area (Å²) in [6, 6.07) is 30.2. The molecule has 0 radical (unpaired) electrons. The summed E-state index contributed by atoms with van der Waals surface area (Å²) in [5.74, 6) is -3.26. The summed E-state index contributed by atoms with van der Waals surface area (Å²) >= 11 is 0. The summed E-state index contributed by atoms with van der Waals surface area (Å²) < 4.78 is 13.3. The van der Waals surface area contributed by atoms with Crippen LogP contribution in [0, 0.1) is 17.7 Å². The van der Waals surface area contributed by atoms with Crippen LogP contribution in [-0.2, 0) is 20.8 Å². The Morgan fingerprint density at radius 3 is 1.77 bits per heavy atom. The van der Waals surface area contributed by atoms with Gasteiger partial charge in [-0.1, -0.05) is 99.0 Å². The number of benzene rings is 4. The third kappa shape index (κ3) is 12.3. The quantitative estimate of drug-likeness (QED) is 0.0666. The molecule has 0 bridgehead atoms. The molecular weight excluding hydrogens is 814 g/mol. The Bertz CT molecular complexity index is 2170. The highest BCUT2D eigenvalue weighted by molar-refractivity contribution is 5.99. The van der Waals surface area contributed by atoms with Crippen LogP contribution in [0.2, 0.25) is 0 Å². The lowest BCUT2D eigenvalue weighted by molar-refractivity contribution is -0.133. The first kappa shape index (κ1) is 45.5. The maximum absolute atomic E-state index is 14.0. The van der Waals surface area contributed by atoms with E-state index in [0.29, 0.717) is 13.0 Å². The van der Waals surface area contributed by atoms with Gasteiger partial charge < -0.3 is 36.8 Å². The monoisotopic (exact) mass is 871 g/mol. The van der Waals surface area contributed by atoms with Crippen molar-refractivity contribution < 1.29 is 33.2 Å². The van der Waals surface area contributed by atoms with Crippen molar-refractivity contribution >= 4 is 35.6 Å². The molecule has 0 spiro atoms. The number of hydrogen-bond acceptors (Lipinski definition) is 6. The van der Waals surface area contributed by atoms with Crippen molar-refractivity contribution in [1.29, 1.82) is 0 Å². The molecule has 6 N–H and O–H groups in total. The van der Waals surface area contributed by atoms with Crippen molar-refractivity contribution in [3.8, 4) is 0 Å². The number of rotatable bonds is 20. The molecule has 1 saturated heterocycles. The van der Waals surface area contributed by atoms with Gasteiger partial charge in [0.1, 0.15) is 11.9 Å². The number of hydrogen-bond donors (Lipinski definition) is 6. The van der Waals surface area contributed by atoms with Gasteiger partial charge in [-0.2, -0.15) is 0 Å². The van der Waals surface area contributed by atoms with E-state index in [4.69, 9.17) is 0 Å². The molecule has 2 saturated carbocycles. The minimum atomic E-state index is -1.08. The maximum atomic E-state index is 14.0. The largest absolute Gasteiger partial charge is 0.354 e. The Morgan fingerprint density at radius 1 is 0.641 bits per heavy atom. The van der Waals surface area contributed by atoms with Crippen LogP contribution in [0.4, 0.5) is 9.18 Å². The molecule has 7 rings (SSSR count). The lowest BCUT2D eigenvalue weighted by atomic mass is 9.94. The fourth-order valence-electron chi connectivity index (χ4n) is 8.45. The summed E-state index contributed by atoms with van der Waals surface area (Å²) in [6.07, 6.45) is 5.87. The van der Waals surface area contributed by atoms with Gasteiger partial charge in [-0.05, 0) is 78.8 Å². The summed E-state index contributed by atoms with van der Waals surface area (Å²) in [6.45, 7) is 2.68. The predicted octanol–water partition coefficient (Wildman–Crippen LogP) is 5.20. The molecule has 0 unspecified atom stereocenters. The van der Waals surface area contributed by atoms with Crippen molar-refractivity contribution in [3.05, 3.63) is 143 Å². The van der Waals surface area contributed by atoms with Crippen molar-refractivity contribution in [2.24, 2.45) is 11.8 Å². The molecule has 3 aliphatic rings. The van der Waals surface area contributed by atoms with Crippen molar-refractivity contribution in [1.82, 2.24) is 36.8 Å². The van der Waals surface area contributed by atoms with E-state index >= 15 is 0 Å². The van der Waals surface area contributed by atoms with Gasteiger partial charge in [-0.15, -0.1) is 0 Å². The topological polar surface area (TPSA) is 178 Å². The maximum Gasteiger partial charge on any atom is 0.315 e. The second kappa shape index (κ2) is 21.7. The van der Waals surface area contributed by atoms with Gasteiger partial charge in [-0.3, -0.25) is 24.0 Å². The van der Waals surface area contributed by atoms with Crippen molar-refractivity contribution in [2.45, 2.75) is 81.8 Å². The Morgan fingerprint density at radius 2 is 1.20 bits per heavy atom. The first-order valence-corrected chi connectivity index (χ1v) is 22.5. The van der Waals surface area contributed by atoms with Crippen LogP contribution < -0.4 is 31.9 Å². The smallest absolute Gasteiger partial charge is 0.315 e. The summed E-state index contributed by atoms with van der Waals surface area (Å²) in [4.78, 5) is 82.6. The third-order valence-corrected chi connectivity index (χ3v) is 12.4. The highest BCUT2D eigenvalue weighted by Gasteiger charge is 2.49. The Kier molecular flexibility index (Phi) is 15.4. The molecule has 7 atom stereocenters. The van der Waals surface area contributed by atoms with Crippen molar-refractivity contribution in [2.75, 3.05) is 32.7 Å². The molecule has 1 heterocycles. The van der Waals surface area contributed by atoms with Gasteiger partial charge >= 0.3 is 6.03 Å². The van der Waals surface area contributed by atoms with E-state index < -0.39 is 35.7 Å². The summed E-state index contributed by atoms with van der Waals surface area (Å²) in [5.41, 5.74) is 3.65. The van der Waals surface area contributed by atoms with Crippen LogP contribution in [0.5, 0.6) is 0 Å². The fraction of sp³-hybridized carbons (Fsp3) is 0.400. The van der Waals surface area contributed by atoms with Crippen LogP contribution in [-0.4, -0.2) is 91.3 Å². The Balaban J connectivity index is 0.952.